The maximum Gasteiger partial charge on any atom is 0.407 e. The maximum absolute atomic E-state index is 12.2. The number of methoxy groups -OCH3 is 1. The molecule has 0 unspecified atom stereocenters. The second-order valence-corrected chi connectivity index (χ2v) is 7.47. The summed E-state index contributed by atoms with van der Waals surface area (Å²) < 4.78 is 10.1. The molecule has 1 saturated heterocycles. The largest absolute Gasteiger partial charge is 0.444 e. The first-order valence-corrected chi connectivity index (χ1v) is 9.24. The second kappa shape index (κ2) is 11.0. The van der Waals surface area contributed by atoms with E-state index in [1.165, 1.54) is 0 Å². The van der Waals surface area contributed by atoms with E-state index in [9.17, 15) is 14.4 Å². The number of alkyl carbamates (subject to hydrolysis) is 1. The molecular formula is C18H33N3O5. The van der Waals surface area contributed by atoms with Crippen molar-refractivity contribution in [2.45, 2.75) is 52.1 Å². The van der Waals surface area contributed by atoms with Crippen molar-refractivity contribution in [3.05, 3.63) is 0 Å². The van der Waals surface area contributed by atoms with Crippen LogP contribution in [0.4, 0.5) is 4.79 Å². The standard InChI is InChI=1S/C18H33N3O5/c1-18(2,3)26-17(24)20-10-6-15(22)21-11-7-14(8-12-21)16(23)19-9-5-13-25-4/h14H,5-13H2,1-4H3,(H,19,23)(H,20,24). The number of likely N-dealkylation sites (tertiary alicyclic amines) is 1. The fourth-order valence-corrected chi connectivity index (χ4v) is 2.71. The van der Waals surface area contributed by atoms with Gasteiger partial charge in [0.25, 0.3) is 0 Å². The van der Waals surface area contributed by atoms with E-state index in [2.05, 4.69) is 10.6 Å². The molecule has 1 heterocycles. The SMILES string of the molecule is COCCCNC(=O)C1CCN(C(=O)CCNC(=O)OC(C)(C)C)CC1. The first kappa shape index (κ1) is 22.2. The molecule has 1 rings (SSSR count). The second-order valence-electron chi connectivity index (χ2n) is 7.47. The zero-order valence-electron chi connectivity index (χ0n) is 16.4. The Bertz CT molecular complexity index is 468. The molecule has 0 aromatic rings. The van der Waals surface area contributed by atoms with Gasteiger partial charge in [0.2, 0.25) is 11.8 Å². The van der Waals surface area contributed by atoms with E-state index in [0.717, 1.165) is 6.42 Å². The summed E-state index contributed by atoms with van der Waals surface area (Å²) in [5, 5.41) is 5.50. The average Bonchev–Trinajstić information content (AvgIpc) is 2.57. The Labute approximate surface area is 156 Å². The van der Waals surface area contributed by atoms with Crippen LogP contribution in [0.1, 0.15) is 46.5 Å². The Hall–Kier alpha value is -1.83. The molecule has 0 bridgehead atoms. The summed E-state index contributed by atoms with van der Waals surface area (Å²) in [5.41, 5.74) is -0.555. The van der Waals surface area contributed by atoms with Gasteiger partial charge in [-0.2, -0.15) is 0 Å². The van der Waals surface area contributed by atoms with Gasteiger partial charge in [-0.05, 0) is 40.0 Å². The number of hydrogen-bond donors (Lipinski definition) is 2. The van der Waals surface area contributed by atoms with Gasteiger partial charge in [0.05, 0.1) is 0 Å². The molecule has 3 amide bonds. The smallest absolute Gasteiger partial charge is 0.407 e. The average molecular weight is 371 g/mol. The molecule has 0 saturated carbocycles. The molecule has 0 radical (unpaired) electrons. The number of piperidine rings is 1. The van der Waals surface area contributed by atoms with Crippen LogP contribution in [0.2, 0.25) is 0 Å². The summed E-state index contributed by atoms with van der Waals surface area (Å²) in [6.07, 6.45) is 1.84. The number of ether oxygens (including phenoxy) is 2. The summed E-state index contributed by atoms with van der Waals surface area (Å²) >= 11 is 0. The molecule has 0 spiro atoms. The highest BCUT2D eigenvalue weighted by molar-refractivity contribution is 5.80. The Morgan fingerprint density at radius 2 is 1.73 bits per heavy atom. The van der Waals surface area contributed by atoms with Crippen molar-refractivity contribution in [1.82, 2.24) is 15.5 Å². The summed E-state index contributed by atoms with van der Waals surface area (Å²) in [6, 6.07) is 0. The zero-order chi connectivity index (χ0) is 19.6. The molecule has 2 N–H and O–H groups in total. The van der Waals surface area contributed by atoms with Gasteiger partial charge >= 0.3 is 6.09 Å². The highest BCUT2D eigenvalue weighted by atomic mass is 16.6. The van der Waals surface area contributed by atoms with Crippen molar-refractivity contribution in [2.75, 3.05) is 39.9 Å². The van der Waals surface area contributed by atoms with Crippen LogP contribution in [0.5, 0.6) is 0 Å². The maximum atomic E-state index is 12.2. The minimum atomic E-state index is -0.555. The predicted molar refractivity (Wildman–Crippen MR) is 97.7 cm³/mol. The number of carbonyl (C=O) groups excluding carboxylic acids is 3. The van der Waals surface area contributed by atoms with Crippen LogP contribution in [0.25, 0.3) is 0 Å². The van der Waals surface area contributed by atoms with Crippen LogP contribution < -0.4 is 10.6 Å². The van der Waals surface area contributed by atoms with E-state index in [4.69, 9.17) is 9.47 Å². The van der Waals surface area contributed by atoms with E-state index < -0.39 is 11.7 Å². The van der Waals surface area contributed by atoms with Crippen molar-refractivity contribution in [3.63, 3.8) is 0 Å². The third-order valence-electron chi connectivity index (χ3n) is 4.05. The van der Waals surface area contributed by atoms with Gasteiger partial charge in [0.1, 0.15) is 5.60 Å². The molecule has 0 atom stereocenters. The van der Waals surface area contributed by atoms with Gasteiger partial charge in [0, 0.05) is 52.2 Å². The monoisotopic (exact) mass is 371 g/mol. The van der Waals surface area contributed by atoms with E-state index in [1.807, 2.05) is 0 Å². The molecule has 0 aromatic heterocycles. The minimum Gasteiger partial charge on any atom is -0.444 e. The number of amides is 3. The van der Waals surface area contributed by atoms with Crippen molar-refractivity contribution >= 4 is 17.9 Å². The van der Waals surface area contributed by atoms with Crippen molar-refractivity contribution in [3.8, 4) is 0 Å². The Morgan fingerprint density at radius 3 is 2.31 bits per heavy atom. The van der Waals surface area contributed by atoms with Crippen LogP contribution >= 0.6 is 0 Å². The molecule has 0 aromatic carbocycles. The first-order valence-electron chi connectivity index (χ1n) is 9.24. The molecule has 150 valence electrons. The Balaban J connectivity index is 2.21. The molecule has 1 fully saturated rings. The Morgan fingerprint density at radius 1 is 1.08 bits per heavy atom. The van der Waals surface area contributed by atoms with Crippen LogP contribution in [0.3, 0.4) is 0 Å². The normalized spacial score (nSPS) is 15.5. The van der Waals surface area contributed by atoms with Gasteiger partial charge in [-0.1, -0.05) is 0 Å². The van der Waals surface area contributed by atoms with Crippen LogP contribution in [0.15, 0.2) is 0 Å². The van der Waals surface area contributed by atoms with E-state index in [1.54, 1.807) is 32.8 Å². The summed E-state index contributed by atoms with van der Waals surface area (Å²) in [4.78, 5) is 37.6. The van der Waals surface area contributed by atoms with Crippen molar-refractivity contribution in [1.29, 1.82) is 0 Å². The molecule has 8 heteroatoms. The van der Waals surface area contributed by atoms with Gasteiger partial charge < -0.3 is 25.0 Å². The van der Waals surface area contributed by atoms with Gasteiger partial charge in [-0.3, -0.25) is 9.59 Å². The van der Waals surface area contributed by atoms with Gasteiger partial charge in [-0.25, -0.2) is 4.79 Å². The quantitative estimate of drug-likeness (QED) is 0.627. The fourth-order valence-electron chi connectivity index (χ4n) is 2.71. The molecule has 1 aliphatic heterocycles. The number of carbonyl (C=O) groups is 3. The molecule has 26 heavy (non-hydrogen) atoms. The fraction of sp³-hybridized carbons (Fsp3) is 0.833. The summed E-state index contributed by atoms with van der Waals surface area (Å²) in [6.45, 7) is 7.99. The lowest BCUT2D eigenvalue weighted by atomic mass is 9.95. The predicted octanol–water partition coefficient (Wildman–Crippen LogP) is 1.29. The molecule has 0 aliphatic carbocycles. The van der Waals surface area contributed by atoms with Crippen LogP contribution in [-0.4, -0.2) is 68.3 Å². The number of nitrogens with zero attached hydrogens (tertiary/aromatic N) is 1. The third-order valence-corrected chi connectivity index (χ3v) is 4.05. The minimum absolute atomic E-state index is 0.0139. The lowest BCUT2D eigenvalue weighted by Crippen LogP contribution is -2.44. The van der Waals surface area contributed by atoms with Crippen LogP contribution in [0, 0.1) is 5.92 Å². The third kappa shape index (κ3) is 9.03. The zero-order valence-corrected chi connectivity index (χ0v) is 16.4. The van der Waals surface area contributed by atoms with Gasteiger partial charge in [0.15, 0.2) is 0 Å². The van der Waals surface area contributed by atoms with Crippen molar-refractivity contribution < 1.29 is 23.9 Å². The van der Waals surface area contributed by atoms with E-state index in [0.29, 0.717) is 39.1 Å². The van der Waals surface area contributed by atoms with Crippen molar-refractivity contribution in [2.24, 2.45) is 5.92 Å². The lowest BCUT2D eigenvalue weighted by Gasteiger charge is -2.31. The highest BCUT2D eigenvalue weighted by Crippen LogP contribution is 2.18. The molecule has 8 nitrogen and oxygen atoms in total. The Kier molecular flexibility index (Phi) is 9.40. The summed E-state index contributed by atoms with van der Waals surface area (Å²) in [7, 11) is 1.64. The number of rotatable bonds is 8. The van der Waals surface area contributed by atoms with E-state index in [-0.39, 0.29) is 30.7 Å². The van der Waals surface area contributed by atoms with E-state index >= 15 is 0 Å². The number of nitrogens with one attached hydrogen (secondary N) is 2. The van der Waals surface area contributed by atoms with Crippen LogP contribution in [-0.2, 0) is 19.1 Å². The topological polar surface area (TPSA) is 97.0 Å². The van der Waals surface area contributed by atoms with Gasteiger partial charge in [-0.15, -0.1) is 0 Å². The summed E-state index contributed by atoms with van der Waals surface area (Å²) in [5.74, 6) is 0.00119. The highest BCUT2D eigenvalue weighted by Gasteiger charge is 2.27. The molecular weight excluding hydrogens is 338 g/mol. The molecule has 1 aliphatic rings. The number of hydrogen-bond acceptors (Lipinski definition) is 5. The first-order chi connectivity index (χ1) is 12.2. The lowest BCUT2D eigenvalue weighted by molar-refractivity contribution is -0.135.